The zero-order valence-electron chi connectivity index (χ0n) is 26.4. The van der Waals surface area contributed by atoms with Gasteiger partial charge in [0.15, 0.2) is 0 Å². The second-order valence-electron chi connectivity index (χ2n) is 11.0. The van der Waals surface area contributed by atoms with Gasteiger partial charge in [-0.1, -0.05) is 0 Å². The average Bonchev–Trinajstić information content (AvgIpc) is 2.84. The fraction of sp³-hybridized carbons (Fsp3) is 0.333. The van der Waals surface area contributed by atoms with Gasteiger partial charge in [0.05, 0.1) is 0 Å². The van der Waals surface area contributed by atoms with E-state index in [0.29, 0.717) is 0 Å². The van der Waals surface area contributed by atoms with E-state index in [2.05, 4.69) is 132 Å². The van der Waals surface area contributed by atoms with E-state index in [1.165, 1.54) is 80.8 Å². The fourth-order valence-electron chi connectivity index (χ4n) is 4.69. The van der Waals surface area contributed by atoms with Crippen LogP contribution in [0.2, 0.25) is 0 Å². The molecule has 8 radical (unpaired) electrons. The van der Waals surface area contributed by atoms with Crippen LogP contribution in [0.4, 0.5) is 0 Å². The van der Waals surface area contributed by atoms with Crippen LogP contribution in [-0.4, -0.2) is 92.1 Å². The van der Waals surface area contributed by atoms with Gasteiger partial charge in [0.25, 0.3) is 0 Å². The quantitative estimate of drug-likeness (QED) is 0.201. The second-order valence-corrected chi connectivity index (χ2v) is 16.1. The van der Waals surface area contributed by atoms with E-state index in [4.69, 9.17) is 0 Å². The maximum absolute atomic E-state index is 2.24. The standard InChI is InChI=1S/4C9H11.4Sb/c4*1-7-4-8(2)6-9(3)5-7;;;;/h4*4-5H,1-3H3;;;;. The Hall–Kier alpha value is 0.153. The molecule has 0 aromatic heterocycles. The zero-order chi connectivity index (χ0) is 30.9. The molecule has 0 unspecified atom stereocenters. The first kappa shape index (κ1) is 38.2. The first-order valence-corrected chi connectivity index (χ1v) is 18.6. The summed E-state index contributed by atoms with van der Waals surface area (Å²) in [6.07, 6.45) is 0. The van der Waals surface area contributed by atoms with Gasteiger partial charge in [-0.15, -0.1) is 0 Å². The molecule has 4 aromatic rings. The normalized spacial score (nSPS) is 10.0. The molecule has 0 aliphatic carbocycles. The Morgan fingerprint density at radius 2 is 0.350 bits per heavy atom. The summed E-state index contributed by atoms with van der Waals surface area (Å²) in [5, 5.41) is 0. The van der Waals surface area contributed by atoms with Crippen LogP contribution in [0.15, 0.2) is 48.5 Å². The monoisotopic (exact) mass is 960 g/mol. The van der Waals surface area contributed by atoms with Crippen LogP contribution in [0.5, 0.6) is 0 Å². The number of benzene rings is 4. The fourth-order valence-corrected chi connectivity index (χ4v) is 6.16. The van der Waals surface area contributed by atoms with Gasteiger partial charge in [-0.05, 0) is 0 Å². The molecular weight excluding hydrogens is 919 g/mol. The van der Waals surface area contributed by atoms with Crippen molar-refractivity contribution in [1.29, 1.82) is 0 Å². The van der Waals surface area contributed by atoms with Crippen LogP contribution in [-0.2, 0) is 0 Å². The Labute approximate surface area is 300 Å². The Morgan fingerprint density at radius 3 is 0.450 bits per heavy atom. The van der Waals surface area contributed by atoms with Crippen molar-refractivity contribution in [1.82, 2.24) is 0 Å². The molecule has 0 heterocycles. The van der Waals surface area contributed by atoms with Crippen LogP contribution < -0.4 is 14.0 Å². The van der Waals surface area contributed by atoms with Gasteiger partial charge in [-0.25, -0.2) is 0 Å². The van der Waals surface area contributed by atoms with Crippen LogP contribution in [0.3, 0.4) is 0 Å². The molecule has 0 aliphatic rings. The summed E-state index contributed by atoms with van der Waals surface area (Å²) < 4.78 is 5.89. The molecule has 0 spiro atoms. The third-order valence-electron chi connectivity index (χ3n) is 6.54. The Morgan fingerprint density at radius 1 is 0.250 bits per heavy atom. The van der Waals surface area contributed by atoms with Crippen molar-refractivity contribution in [3.8, 4) is 0 Å². The Bertz CT molecular complexity index is 1130. The average molecular weight is 964 g/mol. The molecule has 0 N–H and O–H groups in total. The maximum atomic E-state index is 2.24. The number of rotatable bonds is 0. The molecule has 0 fully saturated rings. The molecule has 0 saturated heterocycles. The number of hydrogen-bond donors (Lipinski definition) is 0. The van der Waals surface area contributed by atoms with Gasteiger partial charge in [0.1, 0.15) is 0 Å². The minimum absolute atomic E-state index is 1.37. The van der Waals surface area contributed by atoms with Crippen LogP contribution in [0, 0.1) is 83.1 Å². The molecule has 0 saturated carbocycles. The number of hydrogen-bond acceptors (Lipinski definition) is 0. The summed E-state index contributed by atoms with van der Waals surface area (Å²) >= 11 is 7.25. The third-order valence-corrected chi connectivity index (χ3v) is 14.6. The molecule has 0 aliphatic heterocycles. The first-order chi connectivity index (χ1) is 18.4. The molecule has 4 rings (SSSR count). The Kier molecular flexibility index (Phi) is 17.3. The van der Waals surface area contributed by atoms with Crippen molar-refractivity contribution in [2.24, 2.45) is 0 Å². The van der Waals surface area contributed by atoms with E-state index in [-0.39, 0.29) is 0 Å². The predicted octanol–water partition coefficient (Wildman–Crippen LogP) is 5.62. The summed E-state index contributed by atoms with van der Waals surface area (Å²) in [7, 11) is 0. The molecule has 0 amide bonds. The van der Waals surface area contributed by atoms with Gasteiger partial charge < -0.3 is 0 Å². The molecule has 208 valence electrons. The predicted molar refractivity (Wildman–Crippen MR) is 184 cm³/mol. The van der Waals surface area contributed by atoms with Crippen molar-refractivity contribution in [3.63, 3.8) is 0 Å². The molecular formula is C36H44Sb4. The van der Waals surface area contributed by atoms with Crippen molar-refractivity contribution < 1.29 is 0 Å². The van der Waals surface area contributed by atoms with E-state index in [1.54, 1.807) is 0 Å². The van der Waals surface area contributed by atoms with Gasteiger partial charge in [0, 0.05) is 0 Å². The van der Waals surface area contributed by atoms with Crippen molar-refractivity contribution in [2.45, 2.75) is 83.1 Å². The first-order valence-electron chi connectivity index (χ1n) is 13.5. The summed E-state index contributed by atoms with van der Waals surface area (Å²) in [6.45, 7) is 26.0. The second kappa shape index (κ2) is 18.1. The van der Waals surface area contributed by atoms with Gasteiger partial charge in [0.2, 0.25) is 0 Å². The van der Waals surface area contributed by atoms with Crippen molar-refractivity contribution in [3.05, 3.63) is 115 Å². The van der Waals surface area contributed by atoms with E-state index in [9.17, 15) is 0 Å². The summed E-state index contributed by atoms with van der Waals surface area (Å²) in [5.41, 5.74) is 16.9. The molecule has 0 atom stereocenters. The molecule has 4 heteroatoms. The van der Waals surface area contributed by atoms with Crippen LogP contribution >= 0.6 is 0 Å². The van der Waals surface area contributed by atoms with Crippen LogP contribution in [0.1, 0.15) is 66.8 Å². The van der Waals surface area contributed by atoms with Gasteiger partial charge >= 0.3 is 305 Å². The SMILES string of the molecule is Cc1cc(C)[c]([Sb])c(C)c1.Cc1cc(C)[c]([Sb])c(C)c1.Cc1cc(C)[c]([Sb])c(C)c1.Cc1cc(C)[c]([Sb])c(C)c1. The van der Waals surface area contributed by atoms with Crippen LogP contribution in [0.25, 0.3) is 0 Å². The molecule has 4 aromatic carbocycles. The van der Waals surface area contributed by atoms with Crippen molar-refractivity contribution >= 4 is 106 Å². The van der Waals surface area contributed by atoms with Gasteiger partial charge in [-0.3, -0.25) is 0 Å². The molecule has 40 heavy (non-hydrogen) atoms. The summed E-state index contributed by atoms with van der Waals surface area (Å²) in [5.74, 6) is 0. The van der Waals surface area contributed by atoms with E-state index >= 15 is 0 Å². The third kappa shape index (κ3) is 12.8. The van der Waals surface area contributed by atoms with E-state index in [0.717, 1.165) is 0 Å². The van der Waals surface area contributed by atoms with E-state index in [1.807, 2.05) is 92.1 Å². The summed E-state index contributed by atoms with van der Waals surface area (Å²) in [4.78, 5) is 0. The van der Waals surface area contributed by atoms with E-state index < -0.39 is 0 Å². The topological polar surface area (TPSA) is 0 Å². The summed E-state index contributed by atoms with van der Waals surface area (Å²) in [6, 6.07) is 17.9. The minimum atomic E-state index is 1.37. The molecule has 0 nitrogen and oxygen atoms in total. The van der Waals surface area contributed by atoms with Gasteiger partial charge in [-0.2, -0.15) is 0 Å². The van der Waals surface area contributed by atoms with Crippen molar-refractivity contribution in [2.75, 3.05) is 0 Å². The Balaban J connectivity index is 0.000000267. The number of aryl methyl sites for hydroxylation is 12. The zero-order valence-corrected chi connectivity index (χ0v) is 36.6. The molecule has 0 bridgehead atoms.